The molecule has 1 aliphatic rings. The van der Waals surface area contributed by atoms with Crippen molar-refractivity contribution in [3.63, 3.8) is 0 Å². The molecule has 2 N–H and O–H groups in total. The van der Waals surface area contributed by atoms with Crippen molar-refractivity contribution < 1.29 is 17.2 Å². The number of aromatic nitrogens is 4. The van der Waals surface area contributed by atoms with E-state index in [1.54, 1.807) is 11.6 Å². The number of hydrogen-bond donors (Lipinski definition) is 2. The Morgan fingerprint density at radius 1 is 1.23 bits per heavy atom. The van der Waals surface area contributed by atoms with Gasteiger partial charge in [0.1, 0.15) is 11.2 Å². The lowest BCUT2D eigenvalue weighted by atomic mass is 10.1. The Morgan fingerprint density at radius 2 is 1.94 bits per heavy atom. The Hall–Kier alpha value is -2.57. The lowest BCUT2D eigenvalue weighted by molar-refractivity contribution is 0.328. The number of nitrogens with one attached hydrogen (secondary N) is 2. The Balaban J connectivity index is 1.57. The van der Waals surface area contributed by atoms with Crippen molar-refractivity contribution in [2.45, 2.75) is 18.9 Å². The zero-order chi connectivity index (χ0) is 22.3. The summed E-state index contributed by atoms with van der Waals surface area (Å²) in [6.07, 6.45) is 4.18. The average molecular weight is 472 g/mol. The molecule has 1 atom stereocenters. The summed E-state index contributed by atoms with van der Waals surface area (Å²) in [5, 5.41) is 5.74. The van der Waals surface area contributed by atoms with Crippen LogP contribution in [0.5, 0.6) is 0 Å². The van der Waals surface area contributed by atoms with E-state index in [2.05, 4.69) is 25.6 Å². The van der Waals surface area contributed by atoms with Crippen LogP contribution in [0.4, 0.5) is 26.4 Å². The van der Waals surface area contributed by atoms with Gasteiger partial charge in [0.05, 0.1) is 12.5 Å². The van der Waals surface area contributed by atoms with Gasteiger partial charge < -0.3 is 10.6 Å². The molecule has 4 rings (SSSR count). The Labute approximate surface area is 182 Å². The Bertz CT molecular complexity index is 1230. The first-order valence-electron chi connectivity index (χ1n) is 9.44. The van der Waals surface area contributed by atoms with Crippen LogP contribution < -0.4 is 10.6 Å². The van der Waals surface area contributed by atoms with Crippen LogP contribution in [0.1, 0.15) is 12.8 Å². The van der Waals surface area contributed by atoms with Crippen molar-refractivity contribution in [3.8, 4) is 0 Å². The summed E-state index contributed by atoms with van der Waals surface area (Å²) in [4.78, 5) is 13.0. The Kier molecular flexibility index (Phi) is 5.71. The van der Waals surface area contributed by atoms with E-state index in [0.29, 0.717) is 30.2 Å². The van der Waals surface area contributed by atoms with Crippen molar-refractivity contribution in [1.82, 2.24) is 23.8 Å². The largest absolute Gasteiger partial charge is 0.350 e. The van der Waals surface area contributed by atoms with Gasteiger partial charge in [-0.3, -0.25) is 4.57 Å². The Morgan fingerprint density at radius 3 is 2.61 bits per heavy atom. The number of piperidine rings is 1. The minimum absolute atomic E-state index is 0.0516. The van der Waals surface area contributed by atoms with E-state index in [4.69, 9.17) is 11.6 Å². The van der Waals surface area contributed by atoms with Crippen LogP contribution in [0.15, 0.2) is 18.3 Å². The second kappa shape index (κ2) is 8.17. The van der Waals surface area contributed by atoms with Crippen LogP contribution in [-0.4, -0.2) is 57.6 Å². The summed E-state index contributed by atoms with van der Waals surface area (Å²) in [6.45, 7) is 0.818. The number of halogens is 3. The molecule has 2 aromatic heterocycles. The van der Waals surface area contributed by atoms with Crippen molar-refractivity contribution in [3.05, 3.63) is 35.0 Å². The molecule has 0 saturated carbocycles. The first kappa shape index (κ1) is 21.7. The van der Waals surface area contributed by atoms with Gasteiger partial charge in [-0.25, -0.2) is 31.5 Å². The van der Waals surface area contributed by atoms with Crippen LogP contribution in [0.25, 0.3) is 11.2 Å². The maximum atomic E-state index is 14.1. The fraction of sp³-hybridized carbons (Fsp3) is 0.389. The molecule has 1 aromatic carbocycles. The number of sulfonamides is 1. The van der Waals surface area contributed by atoms with E-state index in [-0.39, 0.29) is 22.7 Å². The molecular weight excluding hydrogens is 452 g/mol. The highest BCUT2D eigenvalue weighted by molar-refractivity contribution is 7.88. The van der Waals surface area contributed by atoms with Gasteiger partial charge in [-0.15, -0.1) is 0 Å². The zero-order valence-electron chi connectivity index (χ0n) is 16.7. The van der Waals surface area contributed by atoms with Crippen molar-refractivity contribution in [2.75, 3.05) is 30.0 Å². The van der Waals surface area contributed by atoms with E-state index < -0.39 is 21.7 Å². The second-order valence-electron chi connectivity index (χ2n) is 7.37. The highest BCUT2D eigenvalue weighted by Crippen LogP contribution is 2.28. The molecule has 31 heavy (non-hydrogen) atoms. The summed E-state index contributed by atoms with van der Waals surface area (Å²) in [5.74, 6) is -1.22. The third-order valence-electron chi connectivity index (χ3n) is 5.04. The lowest BCUT2D eigenvalue weighted by Crippen LogP contribution is -2.44. The third-order valence-corrected chi connectivity index (χ3v) is 6.53. The lowest BCUT2D eigenvalue weighted by Gasteiger charge is -2.31. The summed E-state index contributed by atoms with van der Waals surface area (Å²) < 4.78 is 54.8. The van der Waals surface area contributed by atoms with Gasteiger partial charge in [-0.2, -0.15) is 4.98 Å². The molecule has 9 nitrogen and oxygen atoms in total. The van der Waals surface area contributed by atoms with E-state index in [1.807, 2.05) is 0 Å². The van der Waals surface area contributed by atoms with Gasteiger partial charge >= 0.3 is 0 Å². The molecule has 3 heterocycles. The molecule has 0 radical (unpaired) electrons. The molecule has 1 fully saturated rings. The van der Waals surface area contributed by atoms with Crippen molar-refractivity contribution in [1.29, 1.82) is 0 Å². The molecule has 166 valence electrons. The highest BCUT2D eigenvalue weighted by Gasteiger charge is 2.26. The van der Waals surface area contributed by atoms with Gasteiger partial charge in [0.15, 0.2) is 17.3 Å². The predicted octanol–water partition coefficient (Wildman–Crippen LogP) is 2.87. The monoisotopic (exact) mass is 471 g/mol. The van der Waals surface area contributed by atoms with Gasteiger partial charge in [0.2, 0.25) is 21.9 Å². The minimum Gasteiger partial charge on any atom is -0.350 e. The topological polar surface area (TPSA) is 105 Å². The van der Waals surface area contributed by atoms with Crippen LogP contribution in [0, 0.1) is 11.6 Å². The van der Waals surface area contributed by atoms with Gasteiger partial charge in [-0.05, 0) is 25.0 Å². The van der Waals surface area contributed by atoms with Gasteiger partial charge in [0.25, 0.3) is 0 Å². The molecule has 0 amide bonds. The van der Waals surface area contributed by atoms with E-state index >= 15 is 0 Å². The zero-order valence-corrected chi connectivity index (χ0v) is 18.3. The number of aryl methyl sites for hydroxylation is 1. The van der Waals surface area contributed by atoms with Crippen molar-refractivity contribution in [2.24, 2.45) is 7.05 Å². The minimum atomic E-state index is -3.27. The molecule has 1 aliphatic heterocycles. The van der Waals surface area contributed by atoms with E-state index in [0.717, 1.165) is 25.0 Å². The van der Waals surface area contributed by atoms with Crippen LogP contribution in [0.2, 0.25) is 5.02 Å². The summed E-state index contributed by atoms with van der Waals surface area (Å²) in [6, 6.07) is 1.87. The predicted molar refractivity (Wildman–Crippen MR) is 114 cm³/mol. The summed E-state index contributed by atoms with van der Waals surface area (Å²) in [7, 11) is -1.62. The smallest absolute Gasteiger partial charge is 0.225 e. The first-order chi connectivity index (χ1) is 14.6. The van der Waals surface area contributed by atoms with Gasteiger partial charge in [0, 0.05) is 31.2 Å². The average Bonchev–Trinajstić information content (AvgIpc) is 2.99. The standard InChI is InChI=1S/C18H20ClF2N7O2S/c1-27-16-14(24-18(27)25-15-12(20)6-10(19)7-13(15)21)8-22-17(26-16)23-11-4-3-5-28(9-11)31(2,29)30/h6-8,11H,3-5,9H2,1-2H3,(H,24,25)(H,22,23,26)/t11-/m1/s1. The molecule has 3 aromatic rings. The van der Waals surface area contributed by atoms with Crippen LogP contribution >= 0.6 is 11.6 Å². The van der Waals surface area contributed by atoms with E-state index in [1.165, 1.54) is 16.8 Å². The second-order valence-corrected chi connectivity index (χ2v) is 9.79. The normalized spacial score (nSPS) is 17.8. The maximum Gasteiger partial charge on any atom is 0.225 e. The highest BCUT2D eigenvalue weighted by atomic mass is 35.5. The first-order valence-corrected chi connectivity index (χ1v) is 11.7. The molecule has 0 unspecified atom stereocenters. The fourth-order valence-corrected chi connectivity index (χ4v) is 4.58. The van der Waals surface area contributed by atoms with Gasteiger partial charge in [-0.1, -0.05) is 11.6 Å². The molecule has 13 heteroatoms. The SMILES string of the molecule is Cn1c(Nc2c(F)cc(Cl)cc2F)nc2cnc(N[C@@H]3CCCN(S(C)(=O)=O)C3)nc21. The number of imidazole rings is 1. The number of nitrogens with zero attached hydrogens (tertiary/aromatic N) is 5. The van der Waals surface area contributed by atoms with Crippen LogP contribution in [-0.2, 0) is 17.1 Å². The molecule has 1 saturated heterocycles. The van der Waals surface area contributed by atoms with Crippen LogP contribution in [0.3, 0.4) is 0 Å². The molecule has 0 spiro atoms. The number of anilines is 3. The number of rotatable bonds is 5. The molecule has 0 bridgehead atoms. The molecular formula is C18H20ClF2N7O2S. The quantitative estimate of drug-likeness (QED) is 0.589. The van der Waals surface area contributed by atoms with E-state index in [9.17, 15) is 17.2 Å². The summed E-state index contributed by atoms with van der Waals surface area (Å²) in [5.41, 5.74) is 0.481. The fourth-order valence-electron chi connectivity index (χ4n) is 3.48. The third kappa shape index (κ3) is 4.55. The number of fused-ring (bicyclic) bond motifs is 1. The molecule has 0 aliphatic carbocycles. The number of benzene rings is 1. The summed E-state index contributed by atoms with van der Waals surface area (Å²) >= 11 is 5.66. The maximum absolute atomic E-state index is 14.1. The number of hydrogen-bond acceptors (Lipinski definition) is 7. The van der Waals surface area contributed by atoms with Crippen molar-refractivity contribution >= 4 is 50.4 Å².